The lowest BCUT2D eigenvalue weighted by atomic mass is 10.2. The first kappa shape index (κ1) is 11.1. The number of rotatable bonds is 3. The van der Waals surface area contributed by atoms with Crippen LogP contribution in [0, 0.1) is 5.82 Å². The molecule has 1 aromatic heterocycles. The van der Waals surface area contributed by atoms with E-state index in [4.69, 9.17) is 5.84 Å². The smallest absolute Gasteiger partial charge is 0.292 e. The average molecular weight is 235 g/mol. The molecule has 2 rings (SSSR count). The van der Waals surface area contributed by atoms with Gasteiger partial charge in [0.25, 0.3) is 5.56 Å². The number of nitrogens with zero attached hydrogens (tertiary/aromatic N) is 3. The Morgan fingerprint density at radius 3 is 2.76 bits per heavy atom. The van der Waals surface area contributed by atoms with Crippen molar-refractivity contribution in [1.29, 1.82) is 0 Å². The van der Waals surface area contributed by atoms with Crippen molar-refractivity contribution in [3.05, 3.63) is 52.2 Å². The number of nitrogens with one attached hydrogen (secondary N) is 1. The van der Waals surface area contributed by atoms with Gasteiger partial charge in [-0.25, -0.2) is 4.39 Å². The maximum Gasteiger partial charge on any atom is 0.292 e. The Morgan fingerprint density at radius 1 is 1.35 bits per heavy atom. The second-order valence-corrected chi connectivity index (χ2v) is 3.36. The van der Waals surface area contributed by atoms with Gasteiger partial charge in [0, 0.05) is 6.54 Å². The minimum atomic E-state index is -0.457. The molecule has 1 heterocycles. The van der Waals surface area contributed by atoms with Crippen LogP contribution in [0.3, 0.4) is 0 Å². The highest BCUT2D eigenvalue weighted by atomic mass is 19.1. The minimum Gasteiger partial charge on any atom is -0.349 e. The molecule has 2 aromatic rings. The molecule has 0 atom stereocenters. The summed E-state index contributed by atoms with van der Waals surface area (Å²) in [6, 6.07) is 5.95. The van der Waals surface area contributed by atoms with E-state index in [0.717, 1.165) is 16.4 Å². The Kier molecular flexibility index (Phi) is 2.99. The summed E-state index contributed by atoms with van der Waals surface area (Å²) < 4.78 is 13.5. The summed E-state index contributed by atoms with van der Waals surface area (Å²) >= 11 is 0. The van der Waals surface area contributed by atoms with E-state index in [9.17, 15) is 9.18 Å². The molecule has 0 aliphatic rings. The molecule has 0 unspecified atom stereocenters. The Bertz CT molecular complexity index is 566. The largest absolute Gasteiger partial charge is 0.349 e. The van der Waals surface area contributed by atoms with E-state index in [2.05, 4.69) is 15.5 Å². The van der Waals surface area contributed by atoms with Crippen molar-refractivity contribution in [3.63, 3.8) is 0 Å². The molecule has 17 heavy (non-hydrogen) atoms. The molecular weight excluding hydrogens is 225 g/mol. The summed E-state index contributed by atoms with van der Waals surface area (Å²) in [5, 5.41) is 9.99. The lowest BCUT2D eigenvalue weighted by Gasteiger charge is -2.07. The lowest BCUT2D eigenvalue weighted by molar-refractivity contribution is 0.627. The van der Waals surface area contributed by atoms with Crippen LogP contribution in [0.1, 0.15) is 5.56 Å². The van der Waals surface area contributed by atoms with Gasteiger partial charge >= 0.3 is 0 Å². The van der Waals surface area contributed by atoms with Gasteiger partial charge in [-0.3, -0.25) is 4.79 Å². The van der Waals surface area contributed by atoms with Crippen molar-refractivity contribution in [2.75, 3.05) is 11.2 Å². The number of benzene rings is 1. The van der Waals surface area contributed by atoms with Crippen molar-refractivity contribution in [2.24, 2.45) is 0 Å². The van der Waals surface area contributed by atoms with Crippen LogP contribution in [-0.2, 0) is 6.54 Å². The molecule has 0 aliphatic heterocycles. The summed E-state index contributed by atoms with van der Waals surface area (Å²) in [7, 11) is 0. The molecule has 7 heteroatoms. The summed E-state index contributed by atoms with van der Waals surface area (Å²) in [4.78, 5) is 11.1. The summed E-state index contributed by atoms with van der Waals surface area (Å²) in [6.45, 7) is 0.371. The van der Waals surface area contributed by atoms with E-state index in [1.807, 2.05) is 0 Å². The zero-order valence-electron chi connectivity index (χ0n) is 8.80. The van der Waals surface area contributed by atoms with Crippen molar-refractivity contribution >= 4 is 5.95 Å². The Morgan fingerprint density at radius 2 is 2.06 bits per heavy atom. The molecule has 0 saturated carbocycles. The maximum absolute atomic E-state index is 12.7. The molecule has 0 amide bonds. The molecule has 0 fully saturated rings. The molecule has 0 saturated heterocycles. The normalized spacial score (nSPS) is 10.2. The van der Waals surface area contributed by atoms with E-state index in [0.29, 0.717) is 6.54 Å². The summed E-state index contributed by atoms with van der Waals surface area (Å²) in [5.74, 6) is 5.30. The van der Waals surface area contributed by atoms with Crippen molar-refractivity contribution in [3.8, 4) is 0 Å². The predicted octanol–water partition coefficient (Wildman–Crippen LogP) is 0.103. The fourth-order valence-electron chi connectivity index (χ4n) is 1.25. The lowest BCUT2D eigenvalue weighted by Crippen LogP contribution is -2.30. The van der Waals surface area contributed by atoms with Gasteiger partial charge in [0.1, 0.15) is 12.0 Å². The van der Waals surface area contributed by atoms with Gasteiger partial charge in [0.05, 0.1) is 0 Å². The second-order valence-electron chi connectivity index (χ2n) is 3.36. The zero-order chi connectivity index (χ0) is 12.3. The number of anilines is 1. The molecule has 0 aliphatic carbocycles. The monoisotopic (exact) mass is 235 g/mol. The van der Waals surface area contributed by atoms with E-state index in [1.165, 1.54) is 12.1 Å². The van der Waals surface area contributed by atoms with E-state index < -0.39 is 5.56 Å². The second kappa shape index (κ2) is 4.60. The Hall–Kier alpha value is -2.44. The van der Waals surface area contributed by atoms with Crippen LogP contribution in [0.2, 0.25) is 0 Å². The highest BCUT2D eigenvalue weighted by Crippen LogP contribution is 2.04. The quantitative estimate of drug-likeness (QED) is 0.737. The standard InChI is InChI=1S/C10H10FN5O/c11-8-3-1-7(2-4-8)5-13-10-15-14-6-9(17)16(10)12/h1-4,6H,5,12H2,(H,13,15). The van der Waals surface area contributed by atoms with Crippen LogP contribution in [0.5, 0.6) is 0 Å². The first-order chi connectivity index (χ1) is 8.16. The first-order valence-corrected chi connectivity index (χ1v) is 4.85. The van der Waals surface area contributed by atoms with Crippen LogP contribution >= 0.6 is 0 Å². The minimum absolute atomic E-state index is 0.154. The number of halogens is 1. The van der Waals surface area contributed by atoms with Crippen LogP contribution < -0.4 is 16.7 Å². The van der Waals surface area contributed by atoms with Gasteiger partial charge in [-0.05, 0) is 17.7 Å². The summed E-state index contributed by atoms with van der Waals surface area (Å²) in [5.41, 5.74) is 0.381. The first-order valence-electron chi connectivity index (χ1n) is 4.85. The molecule has 6 nitrogen and oxygen atoms in total. The number of hydrogen-bond donors (Lipinski definition) is 2. The van der Waals surface area contributed by atoms with Crippen molar-refractivity contribution < 1.29 is 4.39 Å². The molecule has 0 bridgehead atoms. The molecular formula is C10H10FN5O. The topological polar surface area (TPSA) is 85.8 Å². The predicted molar refractivity (Wildman–Crippen MR) is 60.2 cm³/mol. The van der Waals surface area contributed by atoms with Crippen LogP contribution in [-0.4, -0.2) is 14.9 Å². The van der Waals surface area contributed by atoms with Crippen molar-refractivity contribution in [1.82, 2.24) is 14.9 Å². The third-order valence-electron chi connectivity index (χ3n) is 2.15. The molecule has 0 spiro atoms. The third-order valence-corrected chi connectivity index (χ3v) is 2.15. The van der Waals surface area contributed by atoms with E-state index >= 15 is 0 Å². The van der Waals surface area contributed by atoms with Gasteiger partial charge in [0.15, 0.2) is 0 Å². The van der Waals surface area contributed by atoms with Gasteiger partial charge in [0.2, 0.25) is 5.95 Å². The van der Waals surface area contributed by atoms with E-state index in [1.54, 1.807) is 12.1 Å². The summed E-state index contributed by atoms with van der Waals surface area (Å²) in [6.07, 6.45) is 1.02. The molecule has 1 aromatic carbocycles. The highest BCUT2D eigenvalue weighted by molar-refractivity contribution is 5.27. The Balaban J connectivity index is 2.10. The van der Waals surface area contributed by atoms with Crippen LogP contribution in [0.4, 0.5) is 10.3 Å². The zero-order valence-corrected chi connectivity index (χ0v) is 8.80. The third kappa shape index (κ3) is 2.57. The molecule has 3 N–H and O–H groups in total. The van der Waals surface area contributed by atoms with Crippen LogP contribution in [0.15, 0.2) is 35.3 Å². The number of hydrogen-bond acceptors (Lipinski definition) is 5. The maximum atomic E-state index is 12.7. The van der Waals surface area contributed by atoms with Gasteiger partial charge in [-0.15, -0.1) is 10.2 Å². The van der Waals surface area contributed by atoms with Gasteiger partial charge in [-0.1, -0.05) is 12.1 Å². The van der Waals surface area contributed by atoms with Crippen molar-refractivity contribution in [2.45, 2.75) is 6.54 Å². The molecule has 0 radical (unpaired) electrons. The average Bonchev–Trinajstić information content (AvgIpc) is 2.33. The van der Waals surface area contributed by atoms with Gasteiger partial charge in [-0.2, -0.15) is 4.68 Å². The Labute approximate surface area is 95.9 Å². The molecule has 88 valence electrons. The number of aromatic nitrogens is 3. The fourth-order valence-corrected chi connectivity index (χ4v) is 1.25. The number of nitrogen functional groups attached to an aromatic ring is 1. The number of nitrogens with two attached hydrogens (primary N) is 1. The van der Waals surface area contributed by atoms with Crippen LogP contribution in [0.25, 0.3) is 0 Å². The highest BCUT2D eigenvalue weighted by Gasteiger charge is 2.02. The fraction of sp³-hybridized carbons (Fsp3) is 0.100. The van der Waals surface area contributed by atoms with E-state index in [-0.39, 0.29) is 11.8 Å². The SMILES string of the molecule is Nn1c(NCc2ccc(F)cc2)nncc1=O. The van der Waals surface area contributed by atoms with Gasteiger partial charge < -0.3 is 11.2 Å².